The number of rotatable bonds is 7. The van der Waals surface area contributed by atoms with Crippen LogP contribution in [0.25, 0.3) is 11.3 Å². The molecule has 0 spiro atoms. The maximum Gasteiger partial charge on any atom is 0.279 e. The monoisotopic (exact) mass is 424 g/mol. The van der Waals surface area contributed by atoms with Crippen molar-refractivity contribution in [3.8, 4) is 5.69 Å². The number of hydrogen-bond donors (Lipinski definition) is 1. The van der Waals surface area contributed by atoms with Crippen molar-refractivity contribution in [2.45, 2.75) is 48.5 Å². The van der Waals surface area contributed by atoms with Crippen LogP contribution in [0.15, 0.2) is 28.7 Å². The highest BCUT2D eigenvalue weighted by Crippen LogP contribution is 2.32. The van der Waals surface area contributed by atoms with Crippen LogP contribution in [0, 0.1) is 26.7 Å². The lowest BCUT2D eigenvalue weighted by Gasteiger charge is -2.23. The number of aryl methyl sites for hydroxylation is 3. The summed E-state index contributed by atoms with van der Waals surface area (Å²) >= 11 is 0. The first-order chi connectivity index (χ1) is 14.6. The molecule has 2 amide bonds. The second-order valence-electron chi connectivity index (χ2n) is 8.55. The summed E-state index contributed by atoms with van der Waals surface area (Å²) in [6.07, 6.45) is 0. The Hall–Kier alpha value is -3.09. The number of benzene rings is 1. The van der Waals surface area contributed by atoms with Gasteiger partial charge < -0.3 is 4.90 Å². The van der Waals surface area contributed by atoms with Gasteiger partial charge in [0.15, 0.2) is 0 Å². The zero-order chi connectivity index (χ0) is 23.0. The molecule has 1 aromatic carbocycles. The first kappa shape index (κ1) is 22.6. The minimum absolute atomic E-state index is 0.129. The third kappa shape index (κ3) is 3.84. The average molecular weight is 425 g/mol. The van der Waals surface area contributed by atoms with E-state index >= 15 is 0 Å². The largest absolute Gasteiger partial charge is 0.367 e. The van der Waals surface area contributed by atoms with E-state index in [0.29, 0.717) is 31.0 Å². The lowest BCUT2D eigenvalue weighted by Crippen LogP contribution is -2.37. The fourth-order valence-corrected chi connectivity index (χ4v) is 4.12. The van der Waals surface area contributed by atoms with Gasteiger partial charge in [-0.15, -0.1) is 0 Å². The van der Waals surface area contributed by atoms with Crippen molar-refractivity contribution in [2.75, 3.05) is 19.6 Å². The van der Waals surface area contributed by atoms with Crippen LogP contribution in [-0.4, -0.2) is 51.0 Å². The zero-order valence-electron chi connectivity index (χ0n) is 19.5. The maximum absolute atomic E-state index is 13.6. The van der Waals surface area contributed by atoms with Crippen molar-refractivity contribution in [3.05, 3.63) is 56.6 Å². The standard InChI is InChI=1S/C24H32N4O3/c1-8-26(9-2)21-20(22(29)27(24(21)31)13-14(3)4)19-17(7)25-28(23(19)30)18-12-15(5)10-11-16(18)6/h10-12,14,25H,8-9,13H2,1-7H3. The van der Waals surface area contributed by atoms with Crippen molar-refractivity contribution >= 4 is 17.4 Å². The highest BCUT2D eigenvalue weighted by molar-refractivity contribution is 6.35. The van der Waals surface area contributed by atoms with E-state index in [2.05, 4.69) is 5.10 Å². The third-order valence-corrected chi connectivity index (χ3v) is 5.70. The van der Waals surface area contributed by atoms with Crippen molar-refractivity contribution in [2.24, 2.45) is 5.92 Å². The number of likely N-dealkylation sites (N-methyl/N-ethyl adjacent to an activating group) is 1. The molecule has 0 bridgehead atoms. The highest BCUT2D eigenvalue weighted by Gasteiger charge is 2.43. The van der Waals surface area contributed by atoms with E-state index in [1.54, 1.807) is 6.92 Å². The molecule has 166 valence electrons. The molecule has 0 aliphatic carbocycles. The van der Waals surface area contributed by atoms with E-state index in [1.165, 1.54) is 9.58 Å². The summed E-state index contributed by atoms with van der Waals surface area (Å²) in [4.78, 5) is 43.4. The van der Waals surface area contributed by atoms with Crippen LogP contribution in [0.2, 0.25) is 0 Å². The first-order valence-corrected chi connectivity index (χ1v) is 10.9. The van der Waals surface area contributed by atoms with Crippen LogP contribution in [-0.2, 0) is 9.59 Å². The minimum Gasteiger partial charge on any atom is -0.367 e. The van der Waals surface area contributed by atoms with Gasteiger partial charge in [-0.3, -0.25) is 24.4 Å². The Morgan fingerprint density at radius 1 is 1.00 bits per heavy atom. The number of carbonyl (C=O) groups excluding carboxylic acids is 2. The smallest absolute Gasteiger partial charge is 0.279 e. The summed E-state index contributed by atoms with van der Waals surface area (Å²) < 4.78 is 1.47. The Morgan fingerprint density at radius 3 is 2.23 bits per heavy atom. The van der Waals surface area contributed by atoms with Gasteiger partial charge in [-0.05, 0) is 57.7 Å². The SMILES string of the molecule is CCN(CC)C1=C(c2c(C)[nH]n(-c3cc(C)ccc3C)c2=O)C(=O)N(CC(C)C)C1=O. The molecule has 7 heteroatoms. The molecule has 0 atom stereocenters. The lowest BCUT2D eigenvalue weighted by molar-refractivity contribution is -0.138. The molecule has 2 heterocycles. The van der Waals surface area contributed by atoms with Gasteiger partial charge in [-0.2, -0.15) is 0 Å². The van der Waals surface area contributed by atoms with Gasteiger partial charge in [0.05, 0.1) is 16.8 Å². The molecular weight excluding hydrogens is 392 g/mol. The number of nitrogens with one attached hydrogen (secondary N) is 1. The summed E-state index contributed by atoms with van der Waals surface area (Å²) in [6.45, 7) is 14.9. The van der Waals surface area contributed by atoms with Crippen molar-refractivity contribution in [1.29, 1.82) is 0 Å². The van der Waals surface area contributed by atoms with Crippen LogP contribution in [0.4, 0.5) is 0 Å². The molecule has 3 rings (SSSR count). The summed E-state index contributed by atoms with van der Waals surface area (Å²) in [7, 11) is 0. The molecular formula is C24H32N4O3. The Kier molecular flexibility index (Phi) is 6.25. The topological polar surface area (TPSA) is 78.4 Å². The number of aromatic amines is 1. The van der Waals surface area contributed by atoms with Crippen molar-refractivity contribution in [3.63, 3.8) is 0 Å². The summed E-state index contributed by atoms with van der Waals surface area (Å²) in [5.74, 6) is -0.590. The normalized spacial score (nSPS) is 14.4. The molecule has 2 aromatic rings. The number of carbonyl (C=O) groups is 2. The van der Waals surface area contributed by atoms with Gasteiger partial charge in [0.25, 0.3) is 17.4 Å². The van der Waals surface area contributed by atoms with Crippen LogP contribution in [0.5, 0.6) is 0 Å². The van der Waals surface area contributed by atoms with Crippen LogP contribution in [0.1, 0.15) is 50.1 Å². The second kappa shape index (κ2) is 8.57. The number of hydrogen-bond acceptors (Lipinski definition) is 4. The van der Waals surface area contributed by atoms with Gasteiger partial charge in [0.1, 0.15) is 5.70 Å². The molecule has 1 aromatic heterocycles. The van der Waals surface area contributed by atoms with E-state index in [-0.39, 0.29) is 28.5 Å². The van der Waals surface area contributed by atoms with E-state index in [4.69, 9.17) is 0 Å². The zero-order valence-corrected chi connectivity index (χ0v) is 19.5. The Bertz CT molecular complexity index is 1120. The fraction of sp³-hybridized carbons (Fsp3) is 0.458. The van der Waals surface area contributed by atoms with Gasteiger partial charge >= 0.3 is 0 Å². The number of imide groups is 1. The van der Waals surface area contributed by atoms with Gasteiger partial charge in [-0.1, -0.05) is 26.0 Å². The quantitative estimate of drug-likeness (QED) is 0.693. The molecule has 0 radical (unpaired) electrons. The van der Waals surface area contributed by atoms with Gasteiger partial charge in [0, 0.05) is 25.3 Å². The van der Waals surface area contributed by atoms with Crippen molar-refractivity contribution < 1.29 is 9.59 Å². The van der Waals surface area contributed by atoms with Crippen LogP contribution in [0.3, 0.4) is 0 Å². The average Bonchev–Trinajstić information content (AvgIpc) is 3.12. The predicted octanol–water partition coefficient (Wildman–Crippen LogP) is 3.17. The van der Waals surface area contributed by atoms with Gasteiger partial charge in [-0.25, -0.2) is 4.68 Å². The molecule has 1 N–H and O–H groups in total. The Balaban J connectivity index is 2.27. The van der Waals surface area contributed by atoms with Crippen LogP contribution < -0.4 is 5.56 Å². The van der Waals surface area contributed by atoms with Crippen LogP contribution >= 0.6 is 0 Å². The molecule has 7 nitrogen and oxygen atoms in total. The number of H-pyrrole nitrogens is 1. The molecule has 0 saturated carbocycles. The third-order valence-electron chi connectivity index (χ3n) is 5.70. The van der Waals surface area contributed by atoms with E-state index in [1.807, 2.05) is 64.6 Å². The molecule has 0 saturated heterocycles. The summed E-state index contributed by atoms with van der Waals surface area (Å²) in [6, 6.07) is 5.88. The first-order valence-electron chi connectivity index (χ1n) is 10.9. The second-order valence-corrected chi connectivity index (χ2v) is 8.55. The maximum atomic E-state index is 13.6. The van der Waals surface area contributed by atoms with E-state index < -0.39 is 5.91 Å². The molecule has 1 aliphatic heterocycles. The molecule has 0 unspecified atom stereocenters. The highest BCUT2D eigenvalue weighted by atomic mass is 16.2. The summed E-state index contributed by atoms with van der Waals surface area (Å²) in [5.41, 5.74) is 3.75. The van der Waals surface area contributed by atoms with E-state index in [9.17, 15) is 14.4 Å². The summed E-state index contributed by atoms with van der Waals surface area (Å²) in [5, 5.41) is 3.13. The molecule has 0 fully saturated rings. The number of aromatic nitrogens is 2. The van der Waals surface area contributed by atoms with Crippen molar-refractivity contribution in [1.82, 2.24) is 19.6 Å². The number of amides is 2. The fourth-order valence-electron chi connectivity index (χ4n) is 4.12. The lowest BCUT2D eigenvalue weighted by atomic mass is 10.0. The number of nitrogens with zero attached hydrogens (tertiary/aromatic N) is 3. The predicted molar refractivity (Wildman–Crippen MR) is 122 cm³/mol. The minimum atomic E-state index is -0.395. The van der Waals surface area contributed by atoms with E-state index in [0.717, 1.165) is 16.8 Å². The Morgan fingerprint density at radius 2 is 1.65 bits per heavy atom. The Labute approximate surface area is 183 Å². The molecule has 1 aliphatic rings. The van der Waals surface area contributed by atoms with Gasteiger partial charge in [0.2, 0.25) is 0 Å². The molecule has 31 heavy (non-hydrogen) atoms.